The predicted octanol–water partition coefficient (Wildman–Crippen LogP) is 3.96. The van der Waals surface area contributed by atoms with E-state index in [1.54, 1.807) is 24.3 Å². The molecule has 4 rings (SSSR count). The fraction of sp³-hybridized carbons (Fsp3) is 0.227. The zero-order valence-electron chi connectivity index (χ0n) is 16.2. The number of benzene rings is 2. The van der Waals surface area contributed by atoms with E-state index in [2.05, 4.69) is 15.4 Å². The summed E-state index contributed by atoms with van der Waals surface area (Å²) in [6, 6.07) is 16.5. The average molecular weight is 441 g/mol. The number of fused-ring (bicyclic) bond motifs is 1. The number of rotatable bonds is 5. The molecule has 0 fully saturated rings. The normalized spacial score (nSPS) is 12.8. The van der Waals surface area contributed by atoms with Crippen molar-refractivity contribution in [1.29, 1.82) is 0 Å². The van der Waals surface area contributed by atoms with Crippen LogP contribution in [0.1, 0.15) is 34.6 Å². The quantitative estimate of drug-likeness (QED) is 0.465. The van der Waals surface area contributed by atoms with Crippen molar-refractivity contribution in [1.82, 2.24) is 20.4 Å². The van der Waals surface area contributed by atoms with Crippen LogP contribution in [0.5, 0.6) is 0 Å². The van der Waals surface area contributed by atoms with Crippen molar-refractivity contribution in [2.45, 2.75) is 30.8 Å². The molecule has 0 saturated heterocycles. The summed E-state index contributed by atoms with van der Waals surface area (Å²) in [5, 5.41) is 1.34. The van der Waals surface area contributed by atoms with Gasteiger partial charge >= 0.3 is 0 Å². The highest BCUT2D eigenvalue weighted by Gasteiger charge is 2.22. The molecule has 2 aromatic carbocycles. The molecule has 8 heteroatoms. The first-order valence-electron chi connectivity index (χ1n) is 9.75. The third-order valence-electron chi connectivity index (χ3n) is 4.87. The summed E-state index contributed by atoms with van der Waals surface area (Å²) >= 11 is 7.19. The lowest BCUT2D eigenvalue weighted by Crippen LogP contribution is -2.42. The lowest BCUT2D eigenvalue weighted by molar-refractivity contribution is -0.119. The Morgan fingerprint density at radius 2 is 1.73 bits per heavy atom. The summed E-state index contributed by atoms with van der Waals surface area (Å²) < 4.78 is 2.15. The molecule has 0 spiro atoms. The minimum atomic E-state index is -0.397. The SMILES string of the molecule is O=C(CSc1nc2c(n1-c1ccccc1)CCCC2)NNC(=O)c1ccc(Cl)cc1. The minimum Gasteiger partial charge on any atom is -0.292 e. The number of halogens is 1. The van der Waals surface area contributed by atoms with Gasteiger partial charge in [-0.15, -0.1) is 0 Å². The van der Waals surface area contributed by atoms with Crippen LogP contribution in [0.25, 0.3) is 5.69 Å². The second-order valence-corrected chi connectivity index (χ2v) is 8.34. The molecule has 1 aliphatic rings. The predicted molar refractivity (Wildman–Crippen MR) is 118 cm³/mol. The van der Waals surface area contributed by atoms with Crippen LogP contribution in [0.2, 0.25) is 5.02 Å². The van der Waals surface area contributed by atoms with Gasteiger partial charge in [-0.1, -0.05) is 41.6 Å². The molecule has 0 atom stereocenters. The molecule has 154 valence electrons. The molecule has 0 aliphatic heterocycles. The number of nitrogens with one attached hydrogen (secondary N) is 2. The van der Waals surface area contributed by atoms with Crippen molar-refractivity contribution in [3.8, 4) is 5.69 Å². The molecule has 1 heterocycles. The summed E-state index contributed by atoms with van der Waals surface area (Å²) in [7, 11) is 0. The Hall–Kier alpha value is -2.77. The average Bonchev–Trinajstić information content (AvgIpc) is 3.15. The van der Waals surface area contributed by atoms with Crippen molar-refractivity contribution >= 4 is 35.2 Å². The number of nitrogens with zero attached hydrogens (tertiary/aromatic N) is 2. The van der Waals surface area contributed by atoms with Gasteiger partial charge in [0, 0.05) is 22.0 Å². The van der Waals surface area contributed by atoms with Crippen molar-refractivity contribution in [3.05, 3.63) is 76.6 Å². The number of amides is 2. The Kier molecular flexibility index (Phi) is 6.40. The highest BCUT2D eigenvalue weighted by Crippen LogP contribution is 2.30. The van der Waals surface area contributed by atoms with Gasteiger partial charge < -0.3 is 0 Å². The molecule has 1 aliphatic carbocycles. The maximum atomic E-state index is 12.3. The van der Waals surface area contributed by atoms with Crippen molar-refractivity contribution in [3.63, 3.8) is 0 Å². The van der Waals surface area contributed by atoms with Crippen LogP contribution in [0.3, 0.4) is 0 Å². The summed E-state index contributed by atoms with van der Waals surface area (Å²) in [5.41, 5.74) is 8.69. The Labute approximate surface area is 184 Å². The van der Waals surface area contributed by atoms with Gasteiger partial charge in [-0.3, -0.25) is 25.0 Å². The van der Waals surface area contributed by atoms with E-state index in [-0.39, 0.29) is 11.7 Å². The minimum absolute atomic E-state index is 0.142. The van der Waals surface area contributed by atoms with Crippen LogP contribution in [0.15, 0.2) is 59.8 Å². The lowest BCUT2D eigenvalue weighted by atomic mass is 10.0. The number of aryl methyl sites for hydroxylation is 1. The van der Waals surface area contributed by atoms with Gasteiger partial charge in [0.1, 0.15) is 0 Å². The molecule has 1 aromatic heterocycles. The van der Waals surface area contributed by atoms with Gasteiger partial charge in [0.2, 0.25) is 5.91 Å². The largest absolute Gasteiger partial charge is 0.292 e. The van der Waals surface area contributed by atoms with Crippen LogP contribution < -0.4 is 10.9 Å². The fourth-order valence-corrected chi connectivity index (χ4v) is 4.40. The highest BCUT2D eigenvalue weighted by atomic mass is 35.5. The first kappa shape index (κ1) is 20.5. The van der Waals surface area contributed by atoms with E-state index in [9.17, 15) is 9.59 Å². The molecular weight excluding hydrogens is 420 g/mol. The molecule has 30 heavy (non-hydrogen) atoms. The summed E-state index contributed by atoms with van der Waals surface area (Å²) in [5.74, 6) is -0.557. The second-order valence-electron chi connectivity index (χ2n) is 6.96. The molecule has 0 radical (unpaired) electrons. The number of thioether (sulfide) groups is 1. The van der Waals surface area contributed by atoms with E-state index in [1.807, 2.05) is 30.3 Å². The topological polar surface area (TPSA) is 76.0 Å². The van der Waals surface area contributed by atoms with Crippen molar-refractivity contribution in [2.24, 2.45) is 0 Å². The van der Waals surface area contributed by atoms with E-state index < -0.39 is 5.91 Å². The number of carbonyl (C=O) groups is 2. The molecule has 6 nitrogen and oxygen atoms in total. The summed E-state index contributed by atoms with van der Waals surface area (Å²) in [6.45, 7) is 0. The van der Waals surface area contributed by atoms with Crippen molar-refractivity contribution in [2.75, 3.05) is 5.75 Å². The van der Waals surface area contributed by atoms with Gasteiger partial charge in [0.15, 0.2) is 5.16 Å². The Balaban J connectivity index is 1.41. The number of hydrazine groups is 1. The number of hydrogen-bond donors (Lipinski definition) is 2. The molecular formula is C22H21ClN4O2S. The lowest BCUT2D eigenvalue weighted by Gasteiger charge is -2.15. The maximum absolute atomic E-state index is 12.3. The van der Waals surface area contributed by atoms with Crippen molar-refractivity contribution < 1.29 is 9.59 Å². The third kappa shape index (κ3) is 4.68. The highest BCUT2D eigenvalue weighted by molar-refractivity contribution is 7.99. The van der Waals surface area contributed by atoms with Gasteiger partial charge in [-0.2, -0.15) is 0 Å². The molecule has 0 bridgehead atoms. The molecule has 3 aromatic rings. The smallest absolute Gasteiger partial charge is 0.269 e. The maximum Gasteiger partial charge on any atom is 0.269 e. The number of imidazole rings is 1. The van der Waals surface area contributed by atoms with Crippen LogP contribution in [-0.2, 0) is 17.6 Å². The van der Waals surface area contributed by atoms with E-state index in [0.717, 1.165) is 42.2 Å². The van der Waals surface area contributed by atoms with Gasteiger partial charge in [0.25, 0.3) is 5.91 Å². The molecule has 2 N–H and O–H groups in total. The van der Waals surface area contributed by atoms with Gasteiger partial charge in [0.05, 0.1) is 11.4 Å². The first-order valence-corrected chi connectivity index (χ1v) is 11.1. The van der Waals surface area contributed by atoms with E-state index >= 15 is 0 Å². The van der Waals surface area contributed by atoms with E-state index in [4.69, 9.17) is 16.6 Å². The molecule has 0 saturated carbocycles. The molecule has 2 amide bonds. The fourth-order valence-electron chi connectivity index (χ4n) is 3.42. The summed E-state index contributed by atoms with van der Waals surface area (Å²) in [6.07, 6.45) is 4.24. The third-order valence-corrected chi connectivity index (χ3v) is 6.06. The number of para-hydroxylation sites is 1. The van der Waals surface area contributed by atoms with E-state index in [1.165, 1.54) is 17.5 Å². The van der Waals surface area contributed by atoms with Gasteiger partial charge in [-0.05, 0) is 62.1 Å². The second kappa shape index (κ2) is 9.36. The molecule has 0 unspecified atom stereocenters. The van der Waals surface area contributed by atoms with E-state index in [0.29, 0.717) is 10.6 Å². The standard InChI is InChI=1S/C22H21ClN4O2S/c23-16-12-10-15(11-13-16)21(29)26-25-20(28)14-30-22-24-18-8-4-5-9-19(18)27(22)17-6-2-1-3-7-17/h1-3,6-7,10-13H,4-5,8-9,14H2,(H,25,28)(H,26,29). The Bertz CT molecular complexity index is 1050. The first-order chi connectivity index (χ1) is 14.6. The van der Waals surface area contributed by atoms with Crippen LogP contribution in [-0.4, -0.2) is 27.1 Å². The summed E-state index contributed by atoms with van der Waals surface area (Å²) in [4.78, 5) is 29.2. The zero-order valence-corrected chi connectivity index (χ0v) is 17.8. The number of carbonyl (C=O) groups excluding carboxylic acids is 2. The van der Waals surface area contributed by atoms with Gasteiger partial charge in [-0.25, -0.2) is 4.98 Å². The Morgan fingerprint density at radius 1 is 1.00 bits per heavy atom. The number of aromatic nitrogens is 2. The van der Waals surface area contributed by atoms with Crippen LogP contribution in [0.4, 0.5) is 0 Å². The Morgan fingerprint density at radius 3 is 2.50 bits per heavy atom. The zero-order chi connectivity index (χ0) is 20.9. The number of hydrogen-bond acceptors (Lipinski definition) is 4. The van der Waals surface area contributed by atoms with Crippen LogP contribution >= 0.6 is 23.4 Å². The monoisotopic (exact) mass is 440 g/mol. The van der Waals surface area contributed by atoms with Crippen LogP contribution in [0, 0.1) is 0 Å².